The van der Waals surface area contributed by atoms with Gasteiger partial charge in [-0.25, -0.2) is 4.39 Å². The number of benzene rings is 3. The molecule has 0 aromatic heterocycles. The highest BCUT2D eigenvalue weighted by molar-refractivity contribution is 6.31. The highest BCUT2D eigenvalue weighted by Crippen LogP contribution is 2.37. The molecule has 0 saturated carbocycles. The Morgan fingerprint density at radius 3 is 2.63 bits per heavy atom. The molecule has 0 saturated heterocycles. The maximum absolute atomic E-state index is 13.2. The van der Waals surface area contributed by atoms with Crippen molar-refractivity contribution in [1.82, 2.24) is 0 Å². The van der Waals surface area contributed by atoms with E-state index in [9.17, 15) is 14.0 Å². The summed E-state index contributed by atoms with van der Waals surface area (Å²) in [6.07, 6.45) is -0.648. The van der Waals surface area contributed by atoms with E-state index in [0.29, 0.717) is 27.7 Å². The maximum Gasteiger partial charge on any atom is 0.268 e. The van der Waals surface area contributed by atoms with Crippen LogP contribution in [0.4, 0.5) is 15.8 Å². The summed E-state index contributed by atoms with van der Waals surface area (Å²) < 4.78 is 18.9. The van der Waals surface area contributed by atoms with Gasteiger partial charge in [-0.3, -0.25) is 9.59 Å². The van der Waals surface area contributed by atoms with Crippen LogP contribution in [-0.4, -0.2) is 17.9 Å². The quantitative estimate of drug-likeness (QED) is 0.638. The highest BCUT2D eigenvalue weighted by Gasteiger charge is 2.32. The molecule has 1 atom stereocenters. The summed E-state index contributed by atoms with van der Waals surface area (Å²) in [5, 5.41) is 3.28. The molecule has 2 amide bonds. The van der Waals surface area contributed by atoms with Crippen LogP contribution in [0, 0.1) is 5.82 Å². The molecular formula is C23H18ClFN2O3. The molecular weight excluding hydrogens is 407 g/mol. The molecule has 7 heteroatoms. The first-order valence-corrected chi connectivity index (χ1v) is 9.72. The predicted octanol–water partition coefficient (Wildman–Crippen LogP) is 5.05. The first-order chi connectivity index (χ1) is 14.4. The van der Waals surface area contributed by atoms with Crippen molar-refractivity contribution in [3.63, 3.8) is 0 Å². The fourth-order valence-electron chi connectivity index (χ4n) is 3.25. The van der Waals surface area contributed by atoms with E-state index in [2.05, 4.69) is 5.32 Å². The van der Waals surface area contributed by atoms with Gasteiger partial charge in [0.1, 0.15) is 11.6 Å². The van der Waals surface area contributed by atoms with Crippen LogP contribution in [0.3, 0.4) is 0 Å². The molecule has 0 bridgehead atoms. The third kappa shape index (κ3) is 4.14. The van der Waals surface area contributed by atoms with E-state index in [4.69, 9.17) is 16.3 Å². The van der Waals surface area contributed by atoms with Crippen molar-refractivity contribution in [2.45, 2.75) is 19.6 Å². The minimum atomic E-state index is -0.648. The standard InChI is InChI=1S/C23H18ClFN2O3/c1-14-23(29)27(13-15-5-7-18(25)8-6-15)20-12-19(9-10-21(20)30-14)26-22(28)16-3-2-4-17(24)11-16/h2-12,14H,13H2,1H3,(H,26,28). The lowest BCUT2D eigenvalue weighted by atomic mass is 10.1. The van der Waals surface area contributed by atoms with Gasteiger partial charge in [0.05, 0.1) is 12.2 Å². The molecule has 1 unspecified atom stereocenters. The second-order valence-electron chi connectivity index (χ2n) is 6.96. The van der Waals surface area contributed by atoms with Gasteiger partial charge in [0.2, 0.25) is 0 Å². The van der Waals surface area contributed by atoms with Gasteiger partial charge >= 0.3 is 0 Å². The zero-order valence-electron chi connectivity index (χ0n) is 16.1. The van der Waals surface area contributed by atoms with E-state index in [1.54, 1.807) is 66.4 Å². The summed E-state index contributed by atoms with van der Waals surface area (Å²) in [6.45, 7) is 1.93. The molecule has 0 fully saturated rings. The lowest BCUT2D eigenvalue weighted by molar-refractivity contribution is -0.125. The lowest BCUT2D eigenvalue weighted by Gasteiger charge is -2.33. The number of nitrogens with one attached hydrogen (secondary N) is 1. The number of hydrogen-bond acceptors (Lipinski definition) is 3. The number of carbonyl (C=O) groups is 2. The largest absolute Gasteiger partial charge is 0.479 e. The third-order valence-corrected chi connectivity index (χ3v) is 5.00. The van der Waals surface area contributed by atoms with Gasteiger partial charge in [-0.05, 0) is 61.0 Å². The smallest absolute Gasteiger partial charge is 0.268 e. The van der Waals surface area contributed by atoms with Crippen LogP contribution in [0.15, 0.2) is 66.7 Å². The Labute approximate surface area is 178 Å². The summed E-state index contributed by atoms with van der Waals surface area (Å²) in [5.41, 5.74) is 2.24. The normalized spacial score (nSPS) is 15.4. The van der Waals surface area contributed by atoms with Gasteiger partial charge in [-0.1, -0.05) is 29.8 Å². The van der Waals surface area contributed by atoms with E-state index in [1.165, 1.54) is 12.1 Å². The summed E-state index contributed by atoms with van der Waals surface area (Å²) in [6, 6.07) is 17.7. The first-order valence-electron chi connectivity index (χ1n) is 9.34. The number of amides is 2. The van der Waals surface area contributed by atoms with Crippen molar-refractivity contribution in [1.29, 1.82) is 0 Å². The molecule has 0 radical (unpaired) electrons. The zero-order chi connectivity index (χ0) is 21.3. The number of halogens is 2. The van der Waals surface area contributed by atoms with E-state index < -0.39 is 6.10 Å². The van der Waals surface area contributed by atoms with Gasteiger partial charge in [-0.15, -0.1) is 0 Å². The SMILES string of the molecule is CC1Oc2ccc(NC(=O)c3cccc(Cl)c3)cc2N(Cc2ccc(F)cc2)C1=O. The molecule has 1 heterocycles. The monoisotopic (exact) mass is 424 g/mol. The van der Waals surface area contributed by atoms with Crippen molar-refractivity contribution in [3.05, 3.63) is 88.7 Å². The molecule has 1 aliphatic rings. The Morgan fingerprint density at radius 2 is 1.90 bits per heavy atom. The maximum atomic E-state index is 13.2. The number of fused-ring (bicyclic) bond motifs is 1. The van der Waals surface area contributed by atoms with Crippen LogP contribution >= 0.6 is 11.6 Å². The van der Waals surface area contributed by atoms with Crippen LogP contribution in [0.1, 0.15) is 22.8 Å². The lowest BCUT2D eigenvalue weighted by Crippen LogP contribution is -2.44. The molecule has 3 aromatic carbocycles. The van der Waals surface area contributed by atoms with Gasteiger partial charge < -0.3 is 15.0 Å². The molecule has 4 rings (SSSR count). The molecule has 152 valence electrons. The molecule has 5 nitrogen and oxygen atoms in total. The molecule has 30 heavy (non-hydrogen) atoms. The number of hydrogen-bond donors (Lipinski definition) is 1. The van der Waals surface area contributed by atoms with E-state index in [0.717, 1.165) is 5.56 Å². The number of rotatable bonds is 4. The zero-order valence-corrected chi connectivity index (χ0v) is 16.8. The van der Waals surface area contributed by atoms with Crippen LogP contribution in [-0.2, 0) is 11.3 Å². The average Bonchev–Trinajstić information content (AvgIpc) is 2.73. The molecule has 0 spiro atoms. The number of anilines is 2. The minimum Gasteiger partial charge on any atom is -0.479 e. The molecule has 1 N–H and O–H groups in total. The second-order valence-corrected chi connectivity index (χ2v) is 7.39. The van der Waals surface area contributed by atoms with Crippen molar-refractivity contribution in [3.8, 4) is 5.75 Å². The third-order valence-electron chi connectivity index (χ3n) is 4.77. The molecule has 3 aromatic rings. The van der Waals surface area contributed by atoms with E-state index >= 15 is 0 Å². The Kier molecular flexibility index (Phi) is 5.42. The van der Waals surface area contributed by atoms with Crippen LogP contribution in [0.5, 0.6) is 5.75 Å². The van der Waals surface area contributed by atoms with Crippen molar-refractivity contribution < 1.29 is 18.7 Å². The van der Waals surface area contributed by atoms with Gasteiger partial charge in [0.25, 0.3) is 11.8 Å². The first kappa shape index (κ1) is 19.9. The fraction of sp³-hybridized carbons (Fsp3) is 0.130. The van der Waals surface area contributed by atoms with Crippen LogP contribution in [0.25, 0.3) is 0 Å². The van der Waals surface area contributed by atoms with Crippen molar-refractivity contribution in [2.75, 3.05) is 10.2 Å². The fourth-order valence-corrected chi connectivity index (χ4v) is 3.44. The highest BCUT2D eigenvalue weighted by atomic mass is 35.5. The Morgan fingerprint density at radius 1 is 1.13 bits per heavy atom. The number of carbonyl (C=O) groups excluding carboxylic acids is 2. The topological polar surface area (TPSA) is 58.6 Å². The number of nitrogens with zero attached hydrogens (tertiary/aromatic N) is 1. The Hall–Kier alpha value is -3.38. The van der Waals surface area contributed by atoms with Crippen molar-refractivity contribution in [2.24, 2.45) is 0 Å². The second kappa shape index (κ2) is 8.16. The summed E-state index contributed by atoms with van der Waals surface area (Å²) in [5.74, 6) is -0.346. The summed E-state index contributed by atoms with van der Waals surface area (Å²) >= 11 is 5.96. The Bertz CT molecular complexity index is 1120. The van der Waals surface area contributed by atoms with Gasteiger partial charge in [0, 0.05) is 16.3 Å². The van der Waals surface area contributed by atoms with Gasteiger partial charge in [-0.2, -0.15) is 0 Å². The molecule has 1 aliphatic heterocycles. The van der Waals surface area contributed by atoms with Crippen LogP contribution < -0.4 is 15.0 Å². The predicted molar refractivity (Wildman–Crippen MR) is 114 cm³/mol. The van der Waals surface area contributed by atoms with E-state index in [-0.39, 0.29) is 24.2 Å². The summed E-state index contributed by atoms with van der Waals surface area (Å²) in [7, 11) is 0. The van der Waals surface area contributed by atoms with Crippen LogP contribution in [0.2, 0.25) is 5.02 Å². The molecule has 0 aliphatic carbocycles. The summed E-state index contributed by atoms with van der Waals surface area (Å²) in [4.78, 5) is 26.9. The van der Waals surface area contributed by atoms with Crippen molar-refractivity contribution >= 4 is 34.8 Å². The Balaban J connectivity index is 1.63. The van der Waals surface area contributed by atoms with E-state index in [1.807, 2.05) is 0 Å². The minimum absolute atomic E-state index is 0.217. The number of ether oxygens (including phenoxy) is 1. The van der Waals surface area contributed by atoms with Gasteiger partial charge in [0.15, 0.2) is 6.10 Å². The average molecular weight is 425 g/mol.